The van der Waals surface area contributed by atoms with Crippen LogP contribution in [0.4, 0.5) is 0 Å². The van der Waals surface area contributed by atoms with E-state index in [1.165, 1.54) is 12.1 Å². The highest BCUT2D eigenvalue weighted by atomic mass is 32.2. The quantitative estimate of drug-likeness (QED) is 0.692. The smallest absolute Gasteiger partial charge is 0.251 e. The van der Waals surface area contributed by atoms with Crippen molar-refractivity contribution in [2.24, 2.45) is 0 Å². The second-order valence-corrected chi connectivity index (χ2v) is 9.06. The topological polar surface area (TPSA) is 63.2 Å². The molecular formula is C23H23NO3S. The van der Waals surface area contributed by atoms with E-state index in [1.54, 1.807) is 12.1 Å². The summed E-state index contributed by atoms with van der Waals surface area (Å²) in [6.07, 6.45) is 1.13. The van der Waals surface area contributed by atoms with E-state index in [-0.39, 0.29) is 10.8 Å². The van der Waals surface area contributed by atoms with Crippen LogP contribution in [0.25, 0.3) is 0 Å². The van der Waals surface area contributed by atoms with Crippen LogP contribution in [0.3, 0.4) is 0 Å². The Bertz CT molecular complexity index is 1020. The SMILES string of the molecule is CC(CNC(=O)c1cccc(S(C)(=O)=O)c1)(c1ccccc1)c1ccccc1. The minimum atomic E-state index is -3.37. The summed E-state index contributed by atoms with van der Waals surface area (Å²) in [6.45, 7) is 2.47. The molecule has 3 rings (SSSR count). The Hall–Kier alpha value is -2.92. The first-order valence-corrected chi connectivity index (χ1v) is 10.9. The van der Waals surface area contributed by atoms with Crippen LogP contribution in [-0.2, 0) is 15.3 Å². The second-order valence-electron chi connectivity index (χ2n) is 7.05. The van der Waals surface area contributed by atoms with Crippen LogP contribution < -0.4 is 5.32 Å². The lowest BCUT2D eigenvalue weighted by Gasteiger charge is -2.31. The summed E-state index contributed by atoms with van der Waals surface area (Å²) in [5.41, 5.74) is 2.08. The van der Waals surface area contributed by atoms with Crippen molar-refractivity contribution in [3.05, 3.63) is 102 Å². The first-order valence-electron chi connectivity index (χ1n) is 9.00. The third-order valence-electron chi connectivity index (χ3n) is 4.95. The molecule has 28 heavy (non-hydrogen) atoms. The summed E-state index contributed by atoms with van der Waals surface area (Å²) in [6, 6.07) is 26.1. The molecule has 1 amide bonds. The van der Waals surface area contributed by atoms with Crippen molar-refractivity contribution in [2.75, 3.05) is 12.8 Å². The molecule has 0 saturated heterocycles. The predicted molar refractivity (Wildman–Crippen MR) is 111 cm³/mol. The van der Waals surface area contributed by atoms with Gasteiger partial charge >= 0.3 is 0 Å². The van der Waals surface area contributed by atoms with Gasteiger partial charge in [-0.2, -0.15) is 0 Å². The lowest BCUT2D eigenvalue weighted by atomic mass is 9.76. The number of amides is 1. The minimum absolute atomic E-state index is 0.133. The Morgan fingerprint density at radius 1 is 0.857 bits per heavy atom. The van der Waals surface area contributed by atoms with Gasteiger partial charge < -0.3 is 5.32 Å². The van der Waals surface area contributed by atoms with Crippen LogP contribution in [0.2, 0.25) is 0 Å². The van der Waals surface area contributed by atoms with Gasteiger partial charge in [-0.15, -0.1) is 0 Å². The zero-order valence-electron chi connectivity index (χ0n) is 15.9. The van der Waals surface area contributed by atoms with E-state index in [9.17, 15) is 13.2 Å². The van der Waals surface area contributed by atoms with Crippen LogP contribution >= 0.6 is 0 Å². The monoisotopic (exact) mass is 393 g/mol. The molecular weight excluding hydrogens is 370 g/mol. The number of hydrogen-bond donors (Lipinski definition) is 1. The maximum absolute atomic E-state index is 12.7. The van der Waals surface area contributed by atoms with Crippen molar-refractivity contribution in [3.8, 4) is 0 Å². The number of benzene rings is 3. The molecule has 0 bridgehead atoms. The average Bonchev–Trinajstić information content (AvgIpc) is 2.72. The van der Waals surface area contributed by atoms with Gasteiger partial charge in [0.1, 0.15) is 0 Å². The molecule has 0 unspecified atom stereocenters. The normalized spacial score (nSPS) is 11.8. The number of rotatable bonds is 6. The zero-order chi connectivity index (χ0) is 20.2. The highest BCUT2D eigenvalue weighted by molar-refractivity contribution is 7.90. The number of carbonyl (C=O) groups is 1. The highest BCUT2D eigenvalue weighted by Gasteiger charge is 2.29. The molecule has 5 heteroatoms. The fraction of sp³-hybridized carbons (Fsp3) is 0.174. The standard InChI is InChI=1S/C23H23NO3S/c1-23(19-11-5-3-6-12-19,20-13-7-4-8-14-20)17-24-22(25)18-10-9-15-21(16-18)28(2,26)27/h3-16H,17H2,1-2H3,(H,24,25). The van der Waals surface area contributed by atoms with Gasteiger partial charge in [-0.25, -0.2) is 8.42 Å². The van der Waals surface area contributed by atoms with Gasteiger partial charge in [-0.3, -0.25) is 4.79 Å². The first-order chi connectivity index (χ1) is 13.3. The molecule has 3 aromatic rings. The maximum atomic E-state index is 12.7. The molecule has 0 aromatic heterocycles. The van der Waals surface area contributed by atoms with Crippen LogP contribution in [0, 0.1) is 0 Å². The molecule has 3 aromatic carbocycles. The predicted octanol–water partition coefficient (Wildman–Crippen LogP) is 3.83. The number of carbonyl (C=O) groups excluding carboxylic acids is 1. The van der Waals surface area contributed by atoms with E-state index in [1.807, 2.05) is 60.7 Å². The third kappa shape index (κ3) is 4.31. The number of nitrogens with one attached hydrogen (secondary N) is 1. The molecule has 4 nitrogen and oxygen atoms in total. The van der Waals surface area contributed by atoms with E-state index >= 15 is 0 Å². The maximum Gasteiger partial charge on any atom is 0.251 e. The van der Waals surface area contributed by atoms with Gasteiger partial charge in [0.25, 0.3) is 5.91 Å². The van der Waals surface area contributed by atoms with Crippen molar-refractivity contribution < 1.29 is 13.2 Å². The van der Waals surface area contributed by atoms with Crippen LogP contribution in [0.5, 0.6) is 0 Å². The molecule has 0 spiro atoms. The zero-order valence-corrected chi connectivity index (χ0v) is 16.7. The van der Waals surface area contributed by atoms with E-state index < -0.39 is 15.3 Å². The van der Waals surface area contributed by atoms with Crippen LogP contribution in [-0.4, -0.2) is 27.1 Å². The van der Waals surface area contributed by atoms with Crippen molar-refractivity contribution >= 4 is 15.7 Å². The fourth-order valence-electron chi connectivity index (χ4n) is 3.21. The van der Waals surface area contributed by atoms with E-state index in [4.69, 9.17) is 0 Å². The number of sulfone groups is 1. The van der Waals surface area contributed by atoms with Gasteiger partial charge in [0.2, 0.25) is 0 Å². The molecule has 1 N–H and O–H groups in total. The molecule has 0 aliphatic carbocycles. The molecule has 0 heterocycles. The lowest BCUT2D eigenvalue weighted by molar-refractivity contribution is 0.0947. The van der Waals surface area contributed by atoms with Gasteiger partial charge in [0.15, 0.2) is 9.84 Å². The highest BCUT2D eigenvalue weighted by Crippen LogP contribution is 2.31. The first kappa shape index (κ1) is 19.8. The Morgan fingerprint density at radius 3 is 1.89 bits per heavy atom. The Balaban J connectivity index is 1.88. The van der Waals surface area contributed by atoms with Crippen LogP contribution in [0.1, 0.15) is 28.4 Å². The largest absolute Gasteiger partial charge is 0.351 e. The Morgan fingerprint density at radius 2 is 1.39 bits per heavy atom. The van der Waals surface area contributed by atoms with Crippen molar-refractivity contribution in [1.82, 2.24) is 5.32 Å². The lowest BCUT2D eigenvalue weighted by Crippen LogP contribution is -2.39. The van der Waals surface area contributed by atoms with Crippen molar-refractivity contribution in [1.29, 1.82) is 0 Å². The van der Waals surface area contributed by atoms with E-state index in [0.29, 0.717) is 12.1 Å². The van der Waals surface area contributed by atoms with Gasteiger partial charge in [-0.05, 0) is 36.2 Å². The Labute approximate surface area is 166 Å². The van der Waals surface area contributed by atoms with Crippen LogP contribution in [0.15, 0.2) is 89.8 Å². The molecule has 0 atom stereocenters. The summed E-state index contributed by atoms with van der Waals surface area (Å²) in [7, 11) is -3.37. The summed E-state index contributed by atoms with van der Waals surface area (Å²) in [5.74, 6) is -0.302. The molecule has 0 radical (unpaired) electrons. The molecule has 0 saturated carbocycles. The average molecular weight is 394 g/mol. The van der Waals surface area contributed by atoms with Gasteiger partial charge in [0.05, 0.1) is 4.90 Å². The molecule has 0 aliphatic rings. The van der Waals surface area contributed by atoms with Gasteiger partial charge in [0, 0.05) is 23.8 Å². The molecule has 0 aliphatic heterocycles. The summed E-state index contributed by atoms with van der Waals surface area (Å²) >= 11 is 0. The number of hydrogen-bond acceptors (Lipinski definition) is 3. The summed E-state index contributed by atoms with van der Waals surface area (Å²) in [5, 5.41) is 2.98. The van der Waals surface area contributed by atoms with Crippen molar-refractivity contribution in [3.63, 3.8) is 0 Å². The van der Waals surface area contributed by atoms with E-state index in [0.717, 1.165) is 17.4 Å². The van der Waals surface area contributed by atoms with Crippen molar-refractivity contribution in [2.45, 2.75) is 17.2 Å². The second kappa shape index (κ2) is 7.98. The Kier molecular flexibility index (Phi) is 5.66. The fourth-order valence-corrected chi connectivity index (χ4v) is 3.88. The molecule has 0 fully saturated rings. The molecule has 144 valence electrons. The summed E-state index contributed by atoms with van der Waals surface area (Å²) in [4.78, 5) is 12.9. The summed E-state index contributed by atoms with van der Waals surface area (Å²) < 4.78 is 23.5. The van der Waals surface area contributed by atoms with Gasteiger partial charge in [-0.1, -0.05) is 66.7 Å². The minimum Gasteiger partial charge on any atom is -0.351 e. The van der Waals surface area contributed by atoms with E-state index in [2.05, 4.69) is 12.2 Å². The third-order valence-corrected chi connectivity index (χ3v) is 6.06.